The number of amides is 2. The van der Waals surface area contributed by atoms with Crippen molar-refractivity contribution in [2.45, 2.75) is 63.1 Å². The van der Waals surface area contributed by atoms with Crippen molar-refractivity contribution >= 4 is 12.0 Å². The van der Waals surface area contributed by atoms with E-state index in [0.717, 1.165) is 25.7 Å². The van der Waals surface area contributed by atoms with Gasteiger partial charge in [-0.2, -0.15) is 0 Å². The molecule has 2 bridgehead atoms. The third-order valence-corrected chi connectivity index (χ3v) is 5.28. The second-order valence-electron chi connectivity index (χ2n) is 6.73. The highest BCUT2D eigenvalue weighted by atomic mass is 16.4. The second kappa shape index (κ2) is 5.83. The maximum Gasteiger partial charge on any atom is 0.320 e. The summed E-state index contributed by atoms with van der Waals surface area (Å²) in [5, 5.41) is 18.6. The molecule has 21 heavy (non-hydrogen) atoms. The van der Waals surface area contributed by atoms with Gasteiger partial charge in [-0.15, -0.1) is 0 Å². The van der Waals surface area contributed by atoms with Gasteiger partial charge in [0, 0.05) is 31.6 Å². The van der Waals surface area contributed by atoms with Gasteiger partial charge in [0.15, 0.2) is 0 Å². The summed E-state index contributed by atoms with van der Waals surface area (Å²) in [4.78, 5) is 27.3. The predicted molar refractivity (Wildman–Crippen MR) is 75.8 cm³/mol. The van der Waals surface area contributed by atoms with E-state index in [0.29, 0.717) is 25.9 Å². The lowest BCUT2D eigenvalue weighted by molar-refractivity contribution is -0.138. The molecular weight excluding hydrogens is 272 g/mol. The molecule has 2 atom stereocenters. The fourth-order valence-corrected chi connectivity index (χ4v) is 4.20. The number of carbonyl (C=O) groups excluding carboxylic acids is 1. The molecule has 3 saturated heterocycles. The van der Waals surface area contributed by atoms with Crippen molar-refractivity contribution in [3.8, 4) is 0 Å². The molecule has 6 nitrogen and oxygen atoms in total. The van der Waals surface area contributed by atoms with Crippen LogP contribution in [0.15, 0.2) is 0 Å². The van der Waals surface area contributed by atoms with E-state index in [9.17, 15) is 14.7 Å². The van der Waals surface area contributed by atoms with Gasteiger partial charge in [-0.25, -0.2) is 4.79 Å². The minimum Gasteiger partial charge on any atom is -0.481 e. The van der Waals surface area contributed by atoms with Crippen molar-refractivity contribution in [1.29, 1.82) is 0 Å². The molecule has 0 aromatic rings. The molecule has 3 rings (SSSR count). The quantitative estimate of drug-likeness (QED) is 0.804. The molecule has 3 fully saturated rings. The Morgan fingerprint density at radius 3 is 2.10 bits per heavy atom. The van der Waals surface area contributed by atoms with Crippen molar-refractivity contribution < 1.29 is 19.8 Å². The van der Waals surface area contributed by atoms with E-state index in [4.69, 9.17) is 5.11 Å². The maximum absolute atomic E-state index is 12.7. The predicted octanol–water partition coefficient (Wildman–Crippen LogP) is 1.28. The topological polar surface area (TPSA) is 81.1 Å². The molecule has 2 unspecified atom stereocenters. The summed E-state index contributed by atoms with van der Waals surface area (Å²) in [6, 6.07) is 0.495. The molecule has 3 heterocycles. The molecule has 3 aliphatic rings. The van der Waals surface area contributed by atoms with Crippen molar-refractivity contribution in [2.75, 3.05) is 13.1 Å². The zero-order chi connectivity index (χ0) is 15.0. The van der Waals surface area contributed by atoms with Crippen LogP contribution in [0.25, 0.3) is 0 Å². The van der Waals surface area contributed by atoms with Gasteiger partial charge in [0.25, 0.3) is 0 Å². The second-order valence-corrected chi connectivity index (χ2v) is 6.73. The van der Waals surface area contributed by atoms with E-state index in [1.165, 1.54) is 0 Å². The largest absolute Gasteiger partial charge is 0.481 e. The number of urea groups is 1. The van der Waals surface area contributed by atoms with Crippen LogP contribution in [0.5, 0.6) is 0 Å². The number of piperidine rings is 2. The third kappa shape index (κ3) is 3.00. The van der Waals surface area contributed by atoms with Crippen LogP contribution in [-0.2, 0) is 4.79 Å². The molecule has 3 aliphatic heterocycles. The van der Waals surface area contributed by atoms with Crippen molar-refractivity contribution in [2.24, 2.45) is 5.92 Å². The van der Waals surface area contributed by atoms with Gasteiger partial charge in [-0.3, -0.25) is 4.79 Å². The Labute approximate surface area is 124 Å². The SMILES string of the molecule is O=C(O)CC1CCN(C(=O)N2C3CCC2CC(O)C3)CC1. The third-order valence-electron chi connectivity index (χ3n) is 5.28. The Morgan fingerprint density at radius 2 is 1.57 bits per heavy atom. The summed E-state index contributed by atoms with van der Waals surface area (Å²) in [6.07, 6.45) is 4.94. The lowest BCUT2D eigenvalue weighted by Crippen LogP contribution is -2.54. The van der Waals surface area contributed by atoms with E-state index in [-0.39, 0.29) is 36.6 Å². The van der Waals surface area contributed by atoms with Crippen LogP contribution in [0.1, 0.15) is 44.9 Å². The molecular formula is C15H24N2O4. The number of aliphatic hydroxyl groups excluding tert-OH is 1. The first kappa shape index (κ1) is 14.6. The summed E-state index contributed by atoms with van der Waals surface area (Å²) in [6.45, 7) is 1.32. The number of nitrogens with zero attached hydrogens (tertiary/aromatic N) is 2. The molecule has 118 valence electrons. The Bertz CT molecular complexity index is 406. The number of fused-ring (bicyclic) bond motifs is 2. The standard InChI is InChI=1S/C15H24N2O4/c18-13-8-11-1-2-12(9-13)17(11)15(21)16-5-3-10(4-6-16)7-14(19)20/h10-13,18H,1-9H2,(H,19,20). The average Bonchev–Trinajstić information content (AvgIpc) is 2.70. The summed E-state index contributed by atoms with van der Waals surface area (Å²) >= 11 is 0. The first-order valence-corrected chi connectivity index (χ1v) is 8.01. The van der Waals surface area contributed by atoms with E-state index >= 15 is 0 Å². The van der Waals surface area contributed by atoms with Gasteiger partial charge >= 0.3 is 12.0 Å². The average molecular weight is 296 g/mol. The lowest BCUT2D eigenvalue weighted by atomic mass is 9.93. The van der Waals surface area contributed by atoms with Crippen LogP contribution in [0.4, 0.5) is 4.79 Å². The number of likely N-dealkylation sites (tertiary alicyclic amines) is 1. The van der Waals surface area contributed by atoms with Crippen LogP contribution in [-0.4, -0.2) is 63.3 Å². The van der Waals surface area contributed by atoms with E-state index in [1.54, 1.807) is 0 Å². The first-order chi connectivity index (χ1) is 10.0. The minimum atomic E-state index is -0.747. The first-order valence-electron chi connectivity index (χ1n) is 8.01. The number of rotatable bonds is 2. The molecule has 0 aliphatic carbocycles. The van der Waals surface area contributed by atoms with Crippen molar-refractivity contribution in [3.05, 3.63) is 0 Å². The monoisotopic (exact) mass is 296 g/mol. The number of carboxylic acids is 1. The minimum absolute atomic E-state index is 0.100. The number of hydrogen-bond acceptors (Lipinski definition) is 3. The summed E-state index contributed by atoms with van der Waals surface area (Å²) in [5.41, 5.74) is 0. The highest BCUT2D eigenvalue weighted by molar-refractivity contribution is 5.76. The highest BCUT2D eigenvalue weighted by Gasteiger charge is 2.44. The zero-order valence-corrected chi connectivity index (χ0v) is 12.3. The Kier molecular flexibility index (Phi) is 4.06. The fourth-order valence-electron chi connectivity index (χ4n) is 4.20. The maximum atomic E-state index is 12.7. The number of carboxylic acid groups (broad SMARTS) is 1. The van der Waals surface area contributed by atoms with Crippen LogP contribution in [0.2, 0.25) is 0 Å². The Hall–Kier alpha value is -1.30. The lowest BCUT2D eigenvalue weighted by Gasteiger charge is -2.42. The zero-order valence-electron chi connectivity index (χ0n) is 12.3. The van der Waals surface area contributed by atoms with E-state index in [2.05, 4.69) is 0 Å². The van der Waals surface area contributed by atoms with Crippen LogP contribution in [0.3, 0.4) is 0 Å². The number of hydrogen-bond donors (Lipinski definition) is 2. The van der Waals surface area contributed by atoms with Gasteiger partial charge in [0.2, 0.25) is 0 Å². The van der Waals surface area contributed by atoms with Crippen molar-refractivity contribution in [3.63, 3.8) is 0 Å². The molecule has 0 aromatic heterocycles. The van der Waals surface area contributed by atoms with Gasteiger partial charge in [0.05, 0.1) is 6.10 Å². The highest BCUT2D eigenvalue weighted by Crippen LogP contribution is 2.37. The van der Waals surface area contributed by atoms with Gasteiger partial charge in [-0.1, -0.05) is 0 Å². The molecule has 0 aromatic carbocycles. The van der Waals surface area contributed by atoms with E-state index < -0.39 is 5.97 Å². The fraction of sp³-hybridized carbons (Fsp3) is 0.867. The van der Waals surface area contributed by atoms with Crippen LogP contribution >= 0.6 is 0 Å². The Balaban J connectivity index is 1.56. The van der Waals surface area contributed by atoms with E-state index in [1.807, 2.05) is 9.80 Å². The molecule has 2 amide bonds. The summed E-state index contributed by atoms with van der Waals surface area (Å²) in [7, 11) is 0. The molecule has 0 saturated carbocycles. The smallest absolute Gasteiger partial charge is 0.320 e. The Morgan fingerprint density at radius 1 is 1.00 bits per heavy atom. The molecule has 0 spiro atoms. The number of carbonyl (C=O) groups is 2. The van der Waals surface area contributed by atoms with Gasteiger partial charge < -0.3 is 20.0 Å². The van der Waals surface area contributed by atoms with Gasteiger partial charge in [-0.05, 0) is 44.4 Å². The van der Waals surface area contributed by atoms with Gasteiger partial charge in [0.1, 0.15) is 0 Å². The molecule has 2 N–H and O–H groups in total. The number of aliphatic carboxylic acids is 1. The van der Waals surface area contributed by atoms with Crippen molar-refractivity contribution in [1.82, 2.24) is 9.80 Å². The summed E-state index contributed by atoms with van der Waals surface area (Å²) in [5.74, 6) is -0.547. The molecule has 0 radical (unpaired) electrons. The number of aliphatic hydroxyl groups is 1. The van der Waals surface area contributed by atoms with Crippen LogP contribution < -0.4 is 0 Å². The normalized spacial score (nSPS) is 33.3. The summed E-state index contributed by atoms with van der Waals surface area (Å²) < 4.78 is 0. The van der Waals surface area contributed by atoms with Crippen LogP contribution in [0, 0.1) is 5.92 Å². The molecule has 6 heteroatoms.